The average molecular weight is 890 g/mol. The molecule has 6 aliphatic rings. The number of fused-ring (bicyclic) bond motifs is 6. The van der Waals surface area contributed by atoms with Crippen LogP contribution in [0, 0.1) is 30.3 Å². The van der Waals surface area contributed by atoms with Gasteiger partial charge in [-0.15, -0.1) is 0 Å². The lowest BCUT2D eigenvalue weighted by Crippen LogP contribution is -2.32. The number of rotatable bonds is 9. The summed E-state index contributed by atoms with van der Waals surface area (Å²) in [7, 11) is 0. The molecule has 3 aromatic carbocycles. The molecule has 21 nitrogen and oxygen atoms in total. The average Bonchev–Trinajstić information content (AvgIpc) is 3.95. The third kappa shape index (κ3) is 6.85. The Labute approximate surface area is 364 Å². The summed E-state index contributed by atoms with van der Waals surface area (Å²) in [6, 6.07) is 0. The van der Waals surface area contributed by atoms with E-state index in [1.54, 1.807) is 83.1 Å². The van der Waals surface area contributed by atoms with Crippen LogP contribution in [0.15, 0.2) is 18.6 Å². The molecule has 0 saturated heterocycles. The van der Waals surface area contributed by atoms with Crippen LogP contribution in [0.1, 0.15) is 122 Å². The van der Waals surface area contributed by atoms with Crippen LogP contribution in [0.3, 0.4) is 0 Å². The Kier molecular flexibility index (Phi) is 8.61. The van der Waals surface area contributed by atoms with E-state index in [4.69, 9.17) is 56.8 Å². The highest BCUT2D eigenvalue weighted by Gasteiger charge is 2.56. The maximum atomic E-state index is 11.8. The van der Waals surface area contributed by atoms with Gasteiger partial charge < -0.3 is 56.8 Å². The Morgan fingerprint density at radius 1 is 0.328 bits per heavy atom. The quantitative estimate of drug-likeness (QED) is 0.111. The van der Waals surface area contributed by atoms with Crippen LogP contribution < -0.4 is 56.8 Å². The topological polar surface area (TPSA) is 240 Å². The minimum atomic E-state index is -1.40. The highest BCUT2D eigenvalue weighted by Crippen LogP contribution is 2.70. The third-order valence-corrected chi connectivity index (χ3v) is 10.3. The fourth-order valence-electron chi connectivity index (χ4n) is 8.46. The molecule has 3 aromatic rings. The summed E-state index contributed by atoms with van der Waals surface area (Å²) >= 11 is 0. The molecule has 0 aromatic heterocycles. The van der Waals surface area contributed by atoms with Gasteiger partial charge in [0.25, 0.3) is 0 Å². The predicted octanol–water partition coefficient (Wildman–Crippen LogP) is 8.65. The van der Waals surface area contributed by atoms with Crippen molar-refractivity contribution < 1.29 is 71.6 Å². The summed E-state index contributed by atoms with van der Waals surface area (Å²) in [5.74, 6) is -9.42. The number of hydrogen-bond acceptors (Lipinski definition) is 18. The zero-order valence-electron chi connectivity index (χ0n) is 36.7. The first-order valence-corrected chi connectivity index (χ1v) is 20.0. The number of benzene rings is 3. The molecule has 0 aliphatic carbocycles. The number of nitro groups is 3. The molecule has 0 N–H and O–H groups in total. The van der Waals surface area contributed by atoms with Crippen LogP contribution in [0.5, 0.6) is 69.0 Å². The van der Waals surface area contributed by atoms with E-state index in [-0.39, 0.29) is 102 Å². The first kappa shape index (κ1) is 42.0. The lowest BCUT2D eigenvalue weighted by molar-refractivity contribution is -0.401. The second-order valence-electron chi connectivity index (χ2n) is 18.3. The Hall–Kier alpha value is -7.32. The maximum absolute atomic E-state index is 11.8. The van der Waals surface area contributed by atoms with Crippen LogP contribution in [0.2, 0.25) is 0 Å². The second kappa shape index (κ2) is 13.1. The highest BCUT2D eigenvalue weighted by atomic mass is 16.8. The zero-order chi connectivity index (χ0) is 46.4. The lowest BCUT2D eigenvalue weighted by Gasteiger charge is -2.28. The molecule has 0 saturated carbocycles. The van der Waals surface area contributed by atoms with Crippen molar-refractivity contribution in [3.8, 4) is 69.0 Å². The van der Waals surface area contributed by atoms with Crippen LogP contribution in [-0.4, -0.2) is 49.5 Å². The normalized spacial score (nSPS) is 21.0. The summed E-state index contributed by atoms with van der Waals surface area (Å²) in [5, 5.41) is 35.5. The van der Waals surface area contributed by atoms with Gasteiger partial charge in [-0.3, -0.25) is 30.3 Å². The van der Waals surface area contributed by atoms with Gasteiger partial charge in [-0.25, -0.2) is 0 Å². The molecule has 0 atom stereocenters. The molecular weight excluding hydrogens is 846 g/mol. The largest absolute Gasteiger partial charge is 0.449 e. The minimum Gasteiger partial charge on any atom is -0.449 e. The molecule has 0 bridgehead atoms. The van der Waals surface area contributed by atoms with Crippen molar-refractivity contribution in [1.82, 2.24) is 0 Å². The van der Waals surface area contributed by atoms with Crippen molar-refractivity contribution in [2.75, 3.05) is 0 Å². The molecule has 0 radical (unpaired) electrons. The summed E-state index contributed by atoms with van der Waals surface area (Å²) in [5.41, 5.74) is 0.856. The van der Waals surface area contributed by atoms with Gasteiger partial charge >= 0.3 is 0 Å². The number of hydrogen-bond donors (Lipinski definition) is 0. The van der Waals surface area contributed by atoms with Gasteiger partial charge in [0.15, 0.2) is 69.0 Å². The smallest absolute Gasteiger partial charge is 0.246 e. The van der Waals surface area contributed by atoms with E-state index in [9.17, 15) is 30.3 Å². The first-order valence-electron chi connectivity index (χ1n) is 20.0. The molecule has 0 unspecified atom stereocenters. The third-order valence-electron chi connectivity index (χ3n) is 10.3. The Balaban J connectivity index is 1.52. The minimum absolute atomic E-state index is 0.0328. The number of ether oxygens (including phenoxy) is 12. The first-order chi connectivity index (χ1) is 29.6. The van der Waals surface area contributed by atoms with Crippen LogP contribution in [-0.2, 0) is 0 Å². The Morgan fingerprint density at radius 2 is 0.484 bits per heavy atom. The molecule has 21 heteroatoms. The van der Waals surface area contributed by atoms with Gasteiger partial charge in [-0.2, -0.15) is 0 Å². The molecule has 9 rings (SSSR count). The molecule has 0 fully saturated rings. The molecule has 0 spiro atoms. The standard InChI is InChI=1S/C43H43N3O18/c1-38(2)53-26-19(13-16-44(47)48)27-33(60-39(3,4)54-27)23(32(26)59-38)22(24-34-28(55-40(5,6)61-34)20(14-17-45(49)50)29-35(24)62-41(7,8)56-29)25-36-30(57-42(9,10)63-36)21(15-18-46(51)52)31-37(25)64-43(11,12)58-31/h13-18,22H,1-12H3. The highest BCUT2D eigenvalue weighted by molar-refractivity contribution is 5.87. The summed E-state index contributed by atoms with van der Waals surface area (Å²) in [6.07, 6.45) is 5.81. The van der Waals surface area contributed by atoms with Gasteiger partial charge in [-0.05, 0) is 0 Å². The van der Waals surface area contributed by atoms with E-state index >= 15 is 0 Å². The fourth-order valence-corrected chi connectivity index (χ4v) is 8.46. The van der Waals surface area contributed by atoms with E-state index in [2.05, 4.69) is 0 Å². The van der Waals surface area contributed by atoms with Gasteiger partial charge in [0.05, 0.1) is 54.1 Å². The van der Waals surface area contributed by atoms with Crippen LogP contribution in [0.4, 0.5) is 0 Å². The van der Waals surface area contributed by atoms with Crippen molar-refractivity contribution in [3.63, 3.8) is 0 Å². The maximum Gasteiger partial charge on any atom is 0.246 e. The Bertz CT molecular complexity index is 2320. The second-order valence-corrected chi connectivity index (χ2v) is 18.3. The van der Waals surface area contributed by atoms with E-state index < -0.39 is 55.4 Å². The van der Waals surface area contributed by atoms with E-state index in [0.29, 0.717) is 0 Å². The van der Waals surface area contributed by atoms with Crippen LogP contribution >= 0.6 is 0 Å². The van der Waals surface area contributed by atoms with Crippen molar-refractivity contribution in [2.24, 2.45) is 0 Å². The summed E-state index contributed by atoms with van der Waals surface area (Å²) in [4.78, 5) is 33.6. The van der Waals surface area contributed by atoms with E-state index in [1.807, 2.05) is 0 Å². The molecule has 6 aliphatic heterocycles. The SMILES string of the molecule is CC1(C)Oc2c(C=C[N+](=O)[O-])c3c(c(C(c4c5c(c(C=C[N+](=O)[O-])c6c4OC(C)(C)O6)OC(C)(C)O5)c4c5c(c(C=C[N+](=O)[O-])c6c4OC(C)(C)O6)OC(C)(C)O5)c2O1)OC(C)(C)O3. The Morgan fingerprint density at radius 3 is 0.641 bits per heavy atom. The molecule has 6 heterocycles. The molecule has 0 amide bonds. The zero-order valence-corrected chi connectivity index (χ0v) is 36.7. The van der Waals surface area contributed by atoms with Gasteiger partial charge in [-0.1, -0.05) is 0 Å². The summed E-state index contributed by atoms with van der Waals surface area (Å²) in [6.45, 7) is 19.7. The predicted molar refractivity (Wildman–Crippen MR) is 220 cm³/mol. The molecular formula is C43H43N3O18. The fraction of sp³-hybridized carbons (Fsp3) is 0.442. The van der Waals surface area contributed by atoms with Gasteiger partial charge in [0.1, 0.15) is 0 Å². The lowest BCUT2D eigenvalue weighted by atomic mass is 9.79. The van der Waals surface area contributed by atoms with Crippen molar-refractivity contribution >= 4 is 18.2 Å². The van der Waals surface area contributed by atoms with Crippen molar-refractivity contribution in [3.05, 3.63) is 82.3 Å². The van der Waals surface area contributed by atoms with Crippen molar-refractivity contribution in [2.45, 2.75) is 124 Å². The van der Waals surface area contributed by atoms with Crippen molar-refractivity contribution in [1.29, 1.82) is 0 Å². The van der Waals surface area contributed by atoms with E-state index in [1.165, 1.54) is 18.2 Å². The van der Waals surface area contributed by atoms with E-state index in [0.717, 1.165) is 18.6 Å². The van der Waals surface area contributed by atoms with Crippen LogP contribution in [0.25, 0.3) is 18.2 Å². The number of nitrogens with zero attached hydrogens (tertiary/aromatic N) is 3. The monoisotopic (exact) mass is 889 g/mol. The molecule has 338 valence electrons. The van der Waals surface area contributed by atoms with Gasteiger partial charge in [0, 0.05) is 101 Å². The summed E-state index contributed by atoms with van der Waals surface area (Å²) < 4.78 is 78.9. The molecule has 64 heavy (non-hydrogen) atoms. The van der Waals surface area contributed by atoms with Gasteiger partial charge in [0.2, 0.25) is 53.3 Å².